The number of allylic oxidation sites excluding steroid dienone is 22. The summed E-state index contributed by atoms with van der Waals surface area (Å²) in [4.78, 5) is 38.3. The highest BCUT2D eigenvalue weighted by Crippen LogP contribution is 2.14. The summed E-state index contributed by atoms with van der Waals surface area (Å²) >= 11 is 0. The molecule has 0 aliphatic rings. The molecule has 0 aromatic carbocycles. The summed E-state index contributed by atoms with van der Waals surface area (Å²) in [7, 11) is 0. The Balaban J connectivity index is 4.50. The number of carbonyl (C=O) groups excluding carboxylic acids is 3. The summed E-state index contributed by atoms with van der Waals surface area (Å²) < 4.78 is 16.9. The molecule has 1 unspecified atom stereocenters. The van der Waals surface area contributed by atoms with E-state index in [4.69, 9.17) is 14.2 Å². The lowest BCUT2D eigenvalue weighted by molar-refractivity contribution is -0.167. The largest absolute Gasteiger partial charge is 0.462 e. The lowest BCUT2D eigenvalue weighted by Gasteiger charge is -2.18. The Hall–Kier alpha value is -4.45. The van der Waals surface area contributed by atoms with Crippen LogP contribution in [0, 0.1) is 0 Å². The van der Waals surface area contributed by atoms with Crippen LogP contribution in [0.1, 0.15) is 258 Å². The summed E-state index contributed by atoms with van der Waals surface area (Å²) in [5.74, 6) is -0.953. The van der Waals surface area contributed by atoms with Crippen molar-refractivity contribution in [1.82, 2.24) is 0 Å². The molecule has 6 nitrogen and oxygen atoms in total. The molecule has 0 heterocycles. The van der Waals surface area contributed by atoms with E-state index in [1.165, 1.54) is 57.8 Å². The van der Waals surface area contributed by atoms with Gasteiger partial charge in [0.1, 0.15) is 13.2 Å². The number of ether oxygens (including phenoxy) is 3. The van der Waals surface area contributed by atoms with Crippen LogP contribution in [-0.4, -0.2) is 37.2 Å². The van der Waals surface area contributed by atoms with Crippen LogP contribution in [0.4, 0.5) is 0 Å². The van der Waals surface area contributed by atoms with Crippen molar-refractivity contribution in [3.05, 3.63) is 134 Å². The highest BCUT2D eigenvalue weighted by molar-refractivity contribution is 5.71. The van der Waals surface area contributed by atoms with Crippen LogP contribution >= 0.6 is 0 Å². The van der Waals surface area contributed by atoms with Gasteiger partial charge in [-0.1, -0.05) is 238 Å². The summed E-state index contributed by atoms with van der Waals surface area (Å²) in [6.07, 6.45) is 85.8. The van der Waals surface area contributed by atoms with Gasteiger partial charge in [0.05, 0.1) is 0 Å². The van der Waals surface area contributed by atoms with Crippen LogP contribution in [0.5, 0.6) is 0 Å². The molecule has 0 aliphatic carbocycles. The SMILES string of the molecule is CC/C=C\C/C=C\C/C=C\C/C=C\C/C=C\CCCCCCCC(=O)OCC(COC(=O)CCCCCC/C=C\C/C=C\C/C=C\C/C=C\CC)OC(=O)CCCCCCCCC/C=C\C/C=C\CCCCCC. The van der Waals surface area contributed by atoms with Gasteiger partial charge in [-0.25, -0.2) is 0 Å². The zero-order valence-corrected chi connectivity index (χ0v) is 47.8. The van der Waals surface area contributed by atoms with Gasteiger partial charge in [-0.15, -0.1) is 0 Å². The first-order valence-electron chi connectivity index (χ1n) is 30.2. The van der Waals surface area contributed by atoms with Crippen molar-refractivity contribution < 1.29 is 28.6 Å². The molecule has 1 atom stereocenters. The molecule has 0 N–H and O–H groups in total. The first-order valence-corrected chi connectivity index (χ1v) is 30.2. The minimum atomic E-state index is -0.807. The number of esters is 3. The number of rotatable bonds is 53. The fourth-order valence-corrected chi connectivity index (χ4v) is 7.90. The molecule has 0 rings (SSSR count). The number of unbranched alkanes of at least 4 members (excludes halogenated alkanes) is 20. The molecule has 0 amide bonds. The van der Waals surface area contributed by atoms with Crippen molar-refractivity contribution in [3.8, 4) is 0 Å². The highest BCUT2D eigenvalue weighted by atomic mass is 16.6. The maximum absolute atomic E-state index is 12.9. The van der Waals surface area contributed by atoms with Crippen molar-refractivity contribution in [1.29, 1.82) is 0 Å². The zero-order valence-electron chi connectivity index (χ0n) is 47.8. The van der Waals surface area contributed by atoms with Gasteiger partial charge >= 0.3 is 17.9 Å². The Morgan fingerprint density at radius 2 is 0.527 bits per heavy atom. The van der Waals surface area contributed by atoms with Gasteiger partial charge < -0.3 is 14.2 Å². The summed E-state index contributed by atoms with van der Waals surface area (Å²) in [5, 5.41) is 0. The Bertz CT molecular complexity index is 1600. The van der Waals surface area contributed by atoms with Crippen LogP contribution in [0.25, 0.3) is 0 Å². The van der Waals surface area contributed by atoms with Crippen molar-refractivity contribution >= 4 is 17.9 Å². The minimum absolute atomic E-state index is 0.104. The number of hydrogen-bond donors (Lipinski definition) is 0. The fourth-order valence-electron chi connectivity index (χ4n) is 7.90. The molecular weight excluding hydrogens is 913 g/mol. The molecule has 0 fully saturated rings. The third kappa shape index (κ3) is 58.4. The summed E-state index contributed by atoms with van der Waals surface area (Å²) in [6, 6.07) is 0. The maximum Gasteiger partial charge on any atom is 0.306 e. The van der Waals surface area contributed by atoms with E-state index in [9.17, 15) is 14.4 Å². The van der Waals surface area contributed by atoms with Crippen molar-refractivity contribution in [2.24, 2.45) is 0 Å². The van der Waals surface area contributed by atoms with E-state index in [1.807, 2.05) is 0 Å². The molecule has 418 valence electrons. The van der Waals surface area contributed by atoms with Crippen LogP contribution in [-0.2, 0) is 28.6 Å². The third-order valence-electron chi connectivity index (χ3n) is 12.4. The first kappa shape index (κ1) is 69.5. The van der Waals surface area contributed by atoms with Crippen molar-refractivity contribution in [2.45, 2.75) is 264 Å². The van der Waals surface area contributed by atoms with Crippen molar-refractivity contribution in [2.75, 3.05) is 13.2 Å². The molecule has 0 spiro atoms. The van der Waals surface area contributed by atoms with Gasteiger partial charge in [-0.2, -0.15) is 0 Å². The van der Waals surface area contributed by atoms with Crippen LogP contribution in [0.3, 0.4) is 0 Å². The Kier molecular flexibility index (Phi) is 57.4. The summed E-state index contributed by atoms with van der Waals surface area (Å²) in [5.41, 5.74) is 0. The Morgan fingerprint density at radius 3 is 0.824 bits per heavy atom. The molecule has 74 heavy (non-hydrogen) atoms. The van der Waals surface area contributed by atoms with E-state index in [-0.39, 0.29) is 31.1 Å². The van der Waals surface area contributed by atoms with Gasteiger partial charge in [-0.05, 0) is 135 Å². The van der Waals surface area contributed by atoms with E-state index >= 15 is 0 Å². The van der Waals surface area contributed by atoms with Gasteiger partial charge in [0, 0.05) is 19.3 Å². The standard InChI is InChI=1S/C68H110O6/c1-4-7-10-13-16-19-22-25-28-31-33-34-35-38-40-43-46-49-52-55-58-61-67(70)73-64-65(63-72-66(69)60-57-54-51-48-45-42-39-36-30-27-24-21-18-15-12-9-6-3)74-68(71)62-59-56-53-50-47-44-41-37-32-29-26-23-20-17-14-11-8-5-2/h7,9-10,12,16,18-21,23,25,27-30,32-34,38-40,42,65H,4-6,8,11,13-15,17,22,24,26,31,35-37,41,43-64H2,1-3H3/b10-7-,12-9-,19-16-,21-18-,23-20-,28-25-,30-27-,32-29-,34-33-,40-38-,42-39-. The van der Waals surface area contributed by atoms with E-state index in [0.29, 0.717) is 19.3 Å². The first-order chi connectivity index (χ1) is 36.5. The normalized spacial score (nSPS) is 13.1. The van der Waals surface area contributed by atoms with E-state index in [1.54, 1.807) is 0 Å². The second-order valence-corrected chi connectivity index (χ2v) is 19.5. The van der Waals surface area contributed by atoms with Crippen LogP contribution in [0.15, 0.2) is 134 Å². The quantitative estimate of drug-likeness (QED) is 0.0261. The molecule has 0 radical (unpaired) electrons. The molecule has 0 aromatic rings. The second-order valence-electron chi connectivity index (χ2n) is 19.5. The monoisotopic (exact) mass is 1020 g/mol. The lowest BCUT2D eigenvalue weighted by Crippen LogP contribution is -2.30. The molecular formula is C68H110O6. The van der Waals surface area contributed by atoms with Crippen molar-refractivity contribution in [3.63, 3.8) is 0 Å². The molecule has 6 heteroatoms. The second kappa shape index (κ2) is 61.1. The fraction of sp³-hybridized carbons (Fsp3) is 0.632. The molecule has 0 aromatic heterocycles. The average Bonchev–Trinajstić information content (AvgIpc) is 3.40. The van der Waals surface area contributed by atoms with E-state index < -0.39 is 6.10 Å². The minimum Gasteiger partial charge on any atom is -0.462 e. The number of hydrogen-bond acceptors (Lipinski definition) is 6. The van der Waals surface area contributed by atoms with Crippen LogP contribution in [0.2, 0.25) is 0 Å². The predicted molar refractivity (Wildman–Crippen MR) is 320 cm³/mol. The van der Waals surface area contributed by atoms with Gasteiger partial charge in [0.2, 0.25) is 0 Å². The lowest BCUT2D eigenvalue weighted by atomic mass is 10.1. The average molecular weight is 1020 g/mol. The highest BCUT2D eigenvalue weighted by Gasteiger charge is 2.19. The smallest absolute Gasteiger partial charge is 0.306 e. The van der Waals surface area contributed by atoms with E-state index in [2.05, 4.69) is 154 Å². The van der Waals surface area contributed by atoms with Gasteiger partial charge in [-0.3, -0.25) is 14.4 Å². The van der Waals surface area contributed by atoms with Crippen LogP contribution < -0.4 is 0 Å². The number of carbonyl (C=O) groups is 3. The maximum atomic E-state index is 12.9. The molecule has 0 bridgehead atoms. The van der Waals surface area contributed by atoms with Gasteiger partial charge in [0.25, 0.3) is 0 Å². The Labute approximate surface area is 455 Å². The summed E-state index contributed by atoms with van der Waals surface area (Å²) in [6.45, 7) is 6.35. The Morgan fingerprint density at radius 1 is 0.284 bits per heavy atom. The van der Waals surface area contributed by atoms with E-state index in [0.717, 1.165) is 161 Å². The topological polar surface area (TPSA) is 78.9 Å². The zero-order chi connectivity index (χ0) is 53.6. The predicted octanol–water partition coefficient (Wildman–Crippen LogP) is 20.6. The third-order valence-corrected chi connectivity index (χ3v) is 12.4. The molecule has 0 saturated carbocycles. The molecule has 0 aliphatic heterocycles. The molecule has 0 saturated heterocycles. The van der Waals surface area contributed by atoms with Gasteiger partial charge in [0.15, 0.2) is 6.10 Å².